The Bertz CT molecular complexity index is 737. The van der Waals surface area contributed by atoms with Gasteiger partial charge in [0.2, 0.25) is 17.8 Å². The maximum Gasteiger partial charge on any atom is 0.573 e. The second-order valence-corrected chi connectivity index (χ2v) is 5.59. The smallest absolute Gasteiger partial charge is 0.406 e. The summed E-state index contributed by atoms with van der Waals surface area (Å²) < 4.78 is 40.2. The Kier molecular flexibility index (Phi) is 6.31. The summed E-state index contributed by atoms with van der Waals surface area (Å²) in [6.07, 6.45) is -2.07. The van der Waals surface area contributed by atoms with Gasteiger partial charge in [-0.15, -0.1) is 13.2 Å². The summed E-state index contributed by atoms with van der Waals surface area (Å²) in [5, 5.41) is 5.55. The highest BCUT2D eigenvalue weighted by Gasteiger charge is 2.30. The van der Waals surface area contributed by atoms with Gasteiger partial charge in [-0.2, -0.15) is 4.98 Å². The molecule has 0 spiro atoms. The van der Waals surface area contributed by atoms with Crippen LogP contribution in [-0.4, -0.2) is 33.3 Å². The van der Waals surface area contributed by atoms with E-state index in [9.17, 15) is 18.0 Å². The van der Waals surface area contributed by atoms with Crippen LogP contribution in [0.2, 0.25) is 0 Å². The van der Waals surface area contributed by atoms with E-state index < -0.39 is 6.36 Å². The zero-order valence-electron chi connectivity index (χ0n) is 14.2. The van der Waals surface area contributed by atoms with Crippen molar-refractivity contribution in [1.82, 2.24) is 15.0 Å². The summed E-state index contributed by atoms with van der Waals surface area (Å²) in [7, 11) is 0. The van der Waals surface area contributed by atoms with E-state index in [1.165, 1.54) is 25.4 Å². The molecule has 2 N–H and O–H groups in total. The van der Waals surface area contributed by atoms with E-state index >= 15 is 0 Å². The van der Waals surface area contributed by atoms with Gasteiger partial charge in [0.1, 0.15) is 12.1 Å². The number of nitrogens with one attached hydrogen (secondary N) is 2. The number of ether oxygens (including phenoxy) is 1. The van der Waals surface area contributed by atoms with Crippen molar-refractivity contribution in [1.29, 1.82) is 0 Å². The van der Waals surface area contributed by atoms with Crippen molar-refractivity contribution in [3.8, 4) is 5.75 Å². The molecular weight excluding hydrogens is 351 g/mol. The molecule has 1 amide bonds. The largest absolute Gasteiger partial charge is 0.573 e. The maximum absolute atomic E-state index is 12.1. The number of rotatable bonds is 7. The first kappa shape index (κ1) is 19.4. The lowest BCUT2D eigenvalue weighted by Gasteiger charge is -2.14. The predicted octanol–water partition coefficient (Wildman–Crippen LogP) is 3.16. The van der Waals surface area contributed by atoms with Crippen molar-refractivity contribution < 1.29 is 22.7 Å². The number of nitrogens with zero attached hydrogens (tertiary/aromatic N) is 3. The summed E-state index contributed by atoms with van der Waals surface area (Å²) >= 11 is 0. The molecule has 0 bridgehead atoms. The van der Waals surface area contributed by atoms with Crippen LogP contribution in [0.4, 0.5) is 25.1 Å². The van der Waals surface area contributed by atoms with E-state index in [-0.39, 0.29) is 23.6 Å². The van der Waals surface area contributed by atoms with E-state index in [2.05, 4.69) is 30.3 Å². The molecule has 1 unspecified atom stereocenters. The van der Waals surface area contributed by atoms with E-state index in [1.54, 1.807) is 12.1 Å². The van der Waals surface area contributed by atoms with Gasteiger partial charge in [0, 0.05) is 13.0 Å². The fourth-order valence-electron chi connectivity index (χ4n) is 2.12. The molecule has 0 saturated carbocycles. The number of carbonyl (C=O) groups excluding carboxylic acids is 1. The first-order valence-electron chi connectivity index (χ1n) is 7.79. The van der Waals surface area contributed by atoms with E-state index in [4.69, 9.17) is 0 Å². The van der Waals surface area contributed by atoms with Crippen LogP contribution in [0.25, 0.3) is 0 Å². The van der Waals surface area contributed by atoms with Crippen LogP contribution in [0.15, 0.2) is 30.6 Å². The monoisotopic (exact) mass is 369 g/mol. The van der Waals surface area contributed by atoms with Crippen molar-refractivity contribution in [2.45, 2.75) is 39.1 Å². The second-order valence-electron chi connectivity index (χ2n) is 5.59. The molecule has 1 heterocycles. The lowest BCUT2D eigenvalue weighted by molar-refractivity contribution is -0.274. The number of anilines is 2. The Morgan fingerprint density at radius 1 is 1.19 bits per heavy atom. The molecule has 2 aromatic rings. The third-order valence-electron chi connectivity index (χ3n) is 3.26. The third kappa shape index (κ3) is 6.91. The van der Waals surface area contributed by atoms with E-state index in [0.29, 0.717) is 18.8 Å². The highest BCUT2D eigenvalue weighted by atomic mass is 19.4. The molecule has 2 rings (SSSR count). The average molecular weight is 369 g/mol. The summed E-state index contributed by atoms with van der Waals surface area (Å²) in [6, 6.07) is 5.74. The topological polar surface area (TPSA) is 89.0 Å². The number of amides is 1. The second kappa shape index (κ2) is 8.45. The maximum atomic E-state index is 12.1. The molecule has 7 nitrogen and oxygen atoms in total. The molecule has 0 aliphatic rings. The summed E-state index contributed by atoms with van der Waals surface area (Å²) in [5.74, 6) is -0.0520. The number of aryl methyl sites for hydroxylation is 1. The lowest BCUT2D eigenvalue weighted by Crippen LogP contribution is -2.19. The van der Waals surface area contributed by atoms with Crippen LogP contribution < -0.4 is 15.4 Å². The fraction of sp³-hybridized carbons (Fsp3) is 0.375. The number of aromatic nitrogens is 3. The number of hydrogen-bond donors (Lipinski definition) is 2. The van der Waals surface area contributed by atoms with Gasteiger partial charge in [0.15, 0.2) is 0 Å². The van der Waals surface area contributed by atoms with Crippen molar-refractivity contribution in [3.63, 3.8) is 0 Å². The van der Waals surface area contributed by atoms with Gasteiger partial charge in [-0.3, -0.25) is 10.1 Å². The lowest BCUT2D eigenvalue weighted by atomic mass is 10.1. The molecule has 26 heavy (non-hydrogen) atoms. The van der Waals surface area contributed by atoms with Crippen molar-refractivity contribution in [2.24, 2.45) is 0 Å². The van der Waals surface area contributed by atoms with E-state index in [1.807, 2.05) is 6.92 Å². The molecule has 1 aromatic heterocycles. The molecule has 10 heteroatoms. The Balaban J connectivity index is 1.85. The Labute approximate surface area is 148 Å². The van der Waals surface area contributed by atoms with Crippen molar-refractivity contribution in [3.05, 3.63) is 36.2 Å². The minimum Gasteiger partial charge on any atom is -0.406 e. The van der Waals surface area contributed by atoms with Crippen molar-refractivity contribution >= 4 is 17.8 Å². The Morgan fingerprint density at radius 2 is 1.85 bits per heavy atom. The van der Waals surface area contributed by atoms with Gasteiger partial charge >= 0.3 is 6.36 Å². The van der Waals surface area contributed by atoms with Crippen LogP contribution in [0.5, 0.6) is 5.75 Å². The Morgan fingerprint density at radius 3 is 2.46 bits per heavy atom. The molecule has 1 aromatic carbocycles. The number of hydrogen-bond acceptors (Lipinski definition) is 6. The van der Waals surface area contributed by atoms with Crippen LogP contribution in [-0.2, 0) is 11.2 Å². The van der Waals surface area contributed by atoms with Gasteiger partial charge in [-0.25, -0.2) is 9.97 Å². The van der Waals surface area contributed by atoms with Crippen LogP contribution in [0, 0.1) is 0 Å². The predicted molar refractivity (Wildman–Crippen MR) is 88.7 cm³/mol. The highest BCUT2D eigenvalue weighted by Crippen LogP contribution is 2.23. The minimum atomic E-state index is -4.69. The molecule has 0 radical (unpaired) electrons. The zero-order valence-corrected chi connectivity index (χ0v) is 14.2. The van der Waals surface area contributed by atoms with Crippen LogP contribution in [0.3, 0.4) is 0 Å². The summed E-state index contributed by atoms with van der Waals surface area (Å²) in [4.78, 5) is 22.9. The molecule has 140 valence electrons. The van der Waals surface area contributed by atoms with Gasteiger partial charge < -0.3 is 10.1 Å². The van der Waals surface area contributed by atoms with E-state index in [0.717, 1.165) is 5.56 Å². The van der Waals surface area contributed by atoms with Gasteiger partial charge in [-0.1, -0.05) is 12.1 Å². The zero-order chi connectivity index (χ0) is 19.2. The number of benzene rings is 1. The third-order valence-corrected chi connectivity index (χ3v) is 3.26. The van der Waals surface area contributed by atoms with Crippen LogP contribution >= 0.6 is 0 Å². The SMILES string of the molecule is CC(=O)Nc1ncnc(NC(C)CCc2ccc(OC(F)(F)F)cc2)n1. The minimum absolute atomic E-state index is 0.00585. The standard InChI is InChI=1S/C16H18F3N5O2/c1-10(22-14-20-9-21-15(24-14)23-11(2)25)3-4-12-5-7-13(8-6-12)26-16(17,18)19/h5-10H,3-4H2,1-2H3,(H2,20,21,22,23,24,25). The number of carbonyl (C=O) groups is 1. The average Bonchev–Trinajstić information content (AvgIpc) is 2.52. The fourth-order valence-corrected chi connectivity index (χ4v) is 2.12. The molecular formula is C16H18F3N5O2. The van der Waals surface area contributed by atoms with Crippen LogP contribution in [0.1, 0.15) is 25.8 Å². The molecule has 0 aliphatic heterocycles. The van der Waals surface area contributed by atoms with Gasteiger partial charge in [0.05, 0.1) is 0 Å². The first-order valence-corrected chi connectivity index (χ1v) is 7.79. The number of halogens is 3. The van der Waals surface area contributed by atoms with Gasteiger partial charge in [0.25, 0.3) is 0 Å². The van der Waals surface area contributed by atoms with Crippen molar-refractivity contribution in [2.75, 3.05) is 10.6 Å². The normalized spacial score (nSPS) is 12.3. The summed E-state index contributed by atoms with van der Waals surface area (Å²) in [5.41, 5.74) is 0.878. The quantitative estimate of drug-likeness (QED) is 0.779. The number of alkyl halides is 3. The molecule has 0 saturated heterocycles. The Hall–Kier alpha value is -2.91. The molecule has 1 atom stereocenters. The summed E-state index contributed by atoms with van der Waals surface area (Å²) in [6.45, 7) is 3.27. The van der Waals surface area contributed by atoms with Gasteiger partial charge in [-0.05, 0) is 37.5 Å². The highest BCUT2D eigenvalue weighted by molar-refractivity contribution is 5.86. The molecule has 0 aliphatic carbocycles. The molecule has 0 fully saturated rings. The first-order chi connectivity index (χ1) is 12.2.